The maximum atomic E-state index is 13.5. The van der Waals surface area contributed by atoms with Crippen LogP contribution in [0.15, 0.2) is 71.1 Å². The van der Waals surface area contributed by atoms with Gasteiger partial charge in [0.25, 0.3) is 0 Å². The number of sulfone groups is 1. The largest absolute Gasteiger partial charge is 0.466 e. The highest BCUT2D eigenvalue weighted by Gasteiger charge is 2.56. The molecule has 0 radical (unpaired) electrons. The number of carbonyl (C=O) groups excluding carboxylic acids is 1. The molecule has 144 valence electrons. The van der Waals surface area contributed by atoms with E-state index in [0.717, 1.165) is 5.56 Å². The monoisotopic (exact) mass is 395 g/mol. The lowest BCUT2D eigenvalue weighted by Gasteiger charge is -2.23. The summed E-state index contributed by atoms with van der Waals surface area (Å²) in [5, 5.41) is 10.1. The Kier molecular flexibility index (Phi) is 5.66. The molecule has 2 unspecified atom stereocenters. The minimum absolute atomic E-state index is 0.0695. The Balaban J connectivity index is 2.16. The quantitative estimate of drug-likeness (QED) is 0.720. The van der Waals surface area contributed by atoms with E-state index in [1.807, 2.05) is 36.4 Å². The van der Waals surface area contributed by atoms with Crippen molar-refractivity contribution in [2.75, 3.05) is 6.61 Å². The molecular weight excluding hydrogens is 374 g/mol. The van der Waals surface area contributed by atoms with E-state index in [4.69, 9.17) is 4.74 Å². The summed E-state index contributed by atoms with van der Waals surface area (Å²) < 4.78 is 30.3. The number of hydrogen-bond acceptors (Lipinski definition) is 5. The third kappa shape index (κ3) is 3.46. The van der Waals surface area contributed by atoms with Crippen LogP contribution in [0.25, 0.3) is 6.08 Å². The van der Waals surface area contributed by atoms with E-state index in [0.29, 0.717) is 5.57 Å². The van der Waals surface area contributed by atoms with E-state index < -0.39 is 26.5 Å². The SMILES string of the molecule is CCOC(=O)C1C/C(=C\c2ccccc2)C(C#N)(S(=O)(=O)c2ccccc2)C1. The van der Waals surface area contributed by atoms with Crippen LogP contribution in [-0.2, 0) is 19.4 Å². The van der Waals surface area contributed by atoms with Crippen molar-refractivity contribution in [1.82, 2.24) is 0 Å². The minimum Gasteiger partial charge on any atom is -0.466 e. The van der Waals surface area contributed by atoms with Crippen LogP contribution in [0.5, 0.6) is 0 Å². The first kappa shape index (κ1) is 19.8. The maximum Gasteiger partial charge on any atom is 0.309 e. The predicted octanol–water partition coefficient (Wildman–Crippen LogP) is 3.78. The second-order valence-electron chi connectivity index (χ2n) is 6.69. The molecule has 1 aliphatic rings. The number of esters is 1. The van der Waals surface area contributed by atoms with Gasteiger partial charge in [-0.1, -0.05) is 54.6 Å². The van der Waals surface area contributed by atoms with Gasteiger partial charge in [0.15, 0.2) is 4.75 Å². The van der Waals surface area contributed by atoms with E-state index in [1.54, 1.807) is 31.2 Å². The van der Waals surface area contributed by atoms with Crippen molar-refractivity contribution in [2.45, 2.75) is 29.4 Å². The maximum absolute atomic E-state index is 13.5. The van der Waals surface area contributed by atoms with Gasteiger partial charge in [-0.3, -0.25) is 4.79 Å². The van der Waals surface area contributed by atoms with Crippen molar-refractivity contribution in [1.29, 1.82) is 5.26 Å². The summed E-state index contributed by atoms with van der Waals surface area (Å²) in [6.45, 7) is 1.91. The molecule has 1 aliphatic carbocycles. The second-order valence-corrected chi connectivity index (χ2v) is 8.87. The number of rotatable bonds is 5. The van der Waals surface area contributed by atoms with Crippen molar-refractivity contribution in [3.8, 4) is 6.07 Å². The minimum atomic E-state index is -4.04. The smallest absolute Gasteiger partial charge is 0.309 e. The Hall–Kier alpha value is -2.91. The molecule has 0 heterocycles. The van der Waals surface area contributed by atoms with Gasteiger partial charge in [-0.15, -0.1) is 0 Å². The van der Waals surface area contributed by atoms with Gasteiger partial charge in [-0.25, -0.2) is 8.42 Å². The average molecular weight is 395 g/mol. The lowest BCUT2D eigenvalue weighted by molar-refractivity contribution is -0.147. The number of nitrogens with zero attached hydrogens (tertiary/aromatic N) is 1. The van der Waals surface area contributed by atoms with Crippen LogP contribution in [0.2, 0.25) is 0 Å². The zero-order chi connectivity index (χ0) is 20.2. The van der Waals surface area contributed by atoms with E-state index in [2.05, 4.69) is 0 Å². The predicted molar refractivity (Wildman–Crippen MR) is 106 cm³/mol. The van der Waals surface area contributed by atoms with Crippen LogP contribution in [0, 0.1) is 17.2 Å². The Morgan fingerprint density at radius 1 is 1.18 bits per heavy atom. The number of ether oxygens (including phenoxy) is 1. The van der Waals surface area contributed by atoms with Crippen LogP contribution in [0.3, 0.4) is 0 Å². The highest BCUT2D eigenvalue weighted by molar-refractivity contribution is 7.93. The Labute approximate surface area is 165 Å². The Bertz CT molecular complexity index is 1020. The first-order valence-electron chi connectivity index (χ1n) is 9.08. The fraction of sp³-hybridized carbons (Fsp3) is 0.273. The molecule has 5 nitrogen and oxygen atoms in total. The molecule has 0 aliphatic heterocycles. The molecule has 0 amide bonds. The van der Waals surface area contributed by atoms with E-state index >= 15 is 0 Å². The van der Waals surface area contributed by atoms with Crippen LogP contribution in [0.4, 0.5) is 0 Å². The zero-order valence-electron chi connectivity index (χ0n) is 15.5. The summed E-state index contributed by atoms with van der Waals surface area (Å²) in [5.74, 6) is -1.14. The van der Waals surface area contributed by atoms with Crippen molar-refractivity contribution >= 4 is 21.9 Å². The summed E-state index contributed by atoms with van der Waals surface area (Å²) >= 11 is 0. The molecule has 2 aromatic carbocycles. The van der Waals surface area contributed by atoms with Crippen molar-refractivity contribution in [3.63, 3.8) is 0 Å². The summed E-state index contributed by atoms with van der Waals surface area (Å²) in [5.41, 5.74) is 1.20. The molecule has 0 N–H and O–H groups in total. The molecule has 0 aromatic heterocycles. The summed E-state index contributed by atoms with van der Waals surface area (Å²) in [7, 11) is -4.04. The highest BCUT2D eigenvalue weighted by atomic mass is 32.2. The van der Waals surface area contributed by atoms with Crippen molar-refractivity contribution in [2.24, 2.45) is 5.92 Å². The second kappa shape index (κ2) is 7.99. The summed E-state index contributed by atoms with van der Waals surface area (Å²) in [4.78, 5) is 12.4. The Morgan fingerprint density at radius 2 is 1.79 bits per heavy atom. The molecule has 3 rings (SSSR count). The van der Waals surface area contributed by atoms with Crippen molar-refractivity contribution < 1.29 is 17.9 Å². The van der Waals surface area contributed by atoms with Crippen molar-refractivity contribution in [3.05, 3.63) is 71.8 Å². The first-order valence-corrected chi connectivity index (χ1v) is 10.6. The number of nitriles is 1. The zero-order valence-corrected chi connectivity index (χ0v) is 16.4. The van der Waals surface area contributed by atoms with Crippen LogP contribution < -0.4 is 0 Å². The van der Waals surface area contributed by atoms with Crippen LogP contribution >= 0.6 is 0 Å². The number of benzene rings is 2. The number of carbonyl (C=O) groups is 1. The van der Waals surface area contributed by atoms with Gasteiger partial charge in [0.05, 0.1) is 23.5 Å². The standard InChI is InChI=1S/C22H21NO4S/c1-2-27-21(24)18-14-19(13-17-9-5-3-6-10-17)22(15-18,16-23)28(25,26)20-11-7-4-8-12-20/h3-13,18H,2,14-15H2,1H3/b19-13+. The molecule has 2 atom stereocenters. The third-order valence-electron chi connectivity index (χ3n) is 4.97. The lowest BCUT2D eigenvalue weighted by atomic mass is 10.0. The molecular formula is C22H21NO4S. The fourth-order valence-electron chi connectivity index (χ4n) is 3.59. The van der Waals surface area contributed by atoms with Gasteiger partial charge in [-0.05, 0) is 43.0 Å². The van der Waals surface area contributed by atoms with Gasteiger partial charge >= 0.3 is 5.97 Å². The van der Waals surface area contributed by atoms with E-state index in [1.165, 1.54) is 12.1 Å². The van der Waals surface area contributed by atoms with E-state index in [-0.39, 0.29) is 24.3 Å². The summed E-state index contributed by atoms with van der Waals surface area (Å²) in [6, 6.07) is 19.2. The molecule has 0 bridgehead atoms. The molecule has 1 fully saturated rings. The molecule has 0 spiro atoms. The Morgan fingerprint density at radius 3 is 2.36 bits per heavy atom. The van der Waals surface area contributed by atoms with Crippen LogP contribution in [-0.4, -0.2) is 25.7 Å². The molecule has 28 heavy (non-hydrogen) atoms. The normalized spacial score (nSPS) is 23.3. The lowest BCUT2D eigenvalue weighted by Crippen LogP contribution is -2.37. The fourth-order valence-corrected chi connectivity index (χ4v) is 5.54. The average Bonchev–Trinajstić information content (AvgIpc) is 3.10. The van der Waals surface area contributed by atoms with Crippen LogP contribution in [0.1, 0.15) is 25.3 Å². The molecule has 0 saturated heterocycles. The van der Waals surface area contributed by atoms with Gasteiger partial charge in [0.1, 0.15) is 0 Å². The first-order chi connectivity index (χ1) is 13.4. The van der Waals surface area contributed by atoms with E-state index in [9.17, 15) is 18.5 Å². The van der Waals surface area contributed by atoms with Gasteiger partial charge in [0, 0.05) is 0 Å². The van der Waals surface area contributed by atoms with Gasteiger partial charge < -0.3 is 4.74 Å². The molecule has 2 aromatic rings. The number of hydrogen-bond donors (Lipinski definition) is 0. The van der Waals surface area contributed by atoms with Gasteiger partial charge in [0.2, 0.25) is 9.84 Å². The summed E-state index contributed by atoms with van der Waals surface area (Å²) in [6.07, 6.45) is 1.77. The molecule has 6 heteroatoms. The topological polar surface area (TPSA) is 84.2 Å². The molecule has 1 saturated carbocycles. The third-order valence-corrected chi connectivity index (χ3v) is 7.30. The van der Waals surface area contributed by atoms with Gasteiger partial charge in [-0.2, -0.15) is 5.26 Å². The highest BCUT2D eigenvalue weighted by Crippen LogP contribution is 2.48.